The van der Waals surface area contributed by atoms with E-state index in [1.165, 1.54) is 0 Å². The summed E-state index contributed by atoms with van der Waals surface area (Å²) in [4.78, 5) is 17.1. The van der Waals surface area contributed by atoms with Crippen molar-refractivity contribution in [3.63, 3.8) is 0 Å². The van der Waals surface area contributed by atoms with Crippen LogP contribution in [0.2, 0.25) is 0 Å². The number of aryl methyl sites for hydroxylation is 1. The van der Waals surface area contributed by atoms with Crippen LogP contribution in [-0.2, 0) is 0 Å². The molecule has 5 rings (SSSR count). The van der Waals surface area contributed by atoms with Crippen LogP contribution in [0.1, 0.15) is 31.0 Å². The Morgan fingerprint density at radius 2 is 1.85 bits per heavy atom. The molecule has 0 spiro atoms. The van der Waals surface area contributed by atoms with E-state index in [0.29, 0.717) is 5.56 Å². The third-order valence-corrected chi connectivity index (χ3v) is 7.55. The Morgan fingerprint density at radius 3 is 2.61 bits per heavy atom. The molecule has 0 N–H and O–H groups in total. The van der Waals surface area contributed by atoms with Crippen molar-refractivity contribution in [2.75, 3.05) is 18.0 Å². The number of benzene rings is 2. The number of hydrogen-bond acceptors (Lipinski definition) is 7. The molecule has 2 aromatic heterocycles. The maximum absolute atomic E-state index is 9.49. The van der Waals surface area contributed by atoms with Crippen LogP contribution in [0.15, 0.2) is 48.8 Å². The predicted octanol–water partition coefficient (Wildman–Crippen LogP) is 5.73. The summed E-state index contributed by atoms with van der Waals surface area (Å²) < 4.78 is 0. The first kappa shape index (κ1) is 21.1. The van der Waals surface area contributed by atoms with Gasteiger partial charge in [0.05, 0.1) is 39.2 Å². The van der Waals surface area contributed by atoms with Gasteiger partial charge in [-0.3, -0.25) is 0 Å². The maximum atomic E-state index is 9.49. The van der Waals surface area contributed by atoms with E-state index in [1.54, 1.807) is 23.7 Å². The molecule has 0 atom stereocenters. The molecule has 0 unspecified atom stereocenters. The second kappa shape index (κ2) is 8.27. The molecule has 33 heavy (non-hydrogen) atoms. The van der Waals surface area contributed by atoms with E-state index in [9.17, 15) is 10.5 Å². The molecule has 7 heteroatoms. The number of fused-ring (bicyclic) bond motifs is 1. The summed E-state index contributed by atoms with van der Waals surface area (Å²) in [6.45, 7) is 5.64. The van der Waals surface area contributed by atoms with Crippen molar-refractivity contribution in [2.45, 2.75) is 26.7 Å². The van der Waals surface area contributed by atoms with Crippen LogP contribution < -0.4 is 4.90 Å². The van der Waals surface area contributed by atoms with E-state index in [1.807, 2.05) is 38.1 Å². The summed E-state index contributed by atoms with van der Waals surface area (Å²) >= 11 is 1.66. The number of thiazole rings is 1. The molecule has 1 saturated heterocycles. The van der Waals surface area contributed by atoms with E-state index in [4.69, 9.17) is 4.98 Å². The highest BCUT2D eigenvalue weighted by Gasteiger charge is 2.31. The van der Waals surface area contributed by atoms with Gasteiger partial charge >= 0.3 is 0 Å². The first-order valence-electron chi connectivity index (χ1n) is 10.9. The fraction of sp³-hybridized carbons (Fsp3) is 0.269. The summed E-state index contributed by atoms with van der Waals surface area (Å²) in [5, 5.41) is 20.9. The SMILES string of the molecule is Cc1ncnc2ccc(-c3sc(N4CCC(C)(C#N)CC4)nc3-c3cccc(C#N)c3)cc12. The highest BCUT2D eigenvalue weighted by Crippen LogP contribution is 2.43. The molecule has 1 fully saturated rings. The molecule has 3 heterocycles. The topological polar surface area (TPSA) is 89.5 Å². The first-order chi connectivity index (χ1) is 16.0. The zero-order valence-corrected chi connectivity index (χ0v) is 19.4. The fourth-order valence-corrected chi connectivity index (χ4v) is 5.34. The third-order valence-electron chi connectivity index (χ3n) is 6.39. The minimum Gasteiger partial charge on any atom is -0.348 e. The van der Waals surface area contributed by atoms with Gasteiger partial charge in [-0.05, 0) is 56.5 Å². The van der Waals surface area contributed by atoms with Crippen LogP contribution in [0.4, 0.5) is 5.13 Å². The first-order valence-corrected chi connectivity index (χ1v) is 11.7. The van der Waals surface area contributed by atoms with Gasteiger partial charge in [-0.2, -0.15) is 10.5 Å². The zero-order valence-electron chi connectivity index (χ0n) is 18.5. The molecule has 0 radical (unpaired) electrons. The molecule has 0 saturated carbocycles. The van der Waals surface area contributed by atoms with Crippen LogP contribution in [0.25, 0.3) is 32.6 Å². The Balaban J connectivity index is 1.63. The largest absolute Gasteiger partial charge is 0.348 e. The van der Waals surface area contributed by atoms with Gasteiger partial charge in [0.2, 0.25) is 0 Å². The van der Waals surface area contributed by atoms with Gasteiger partial charge in [0.15, 0.2) is 5.13 Å². The van der Waals surface area contributed by atoms with E-state index < -0.39 is 0 Å². The quantitative estimate of drug-likeness (QED) is 0.396. The van der Waals surface area contributed by atoms with Crippen molar-refractivity contribution in [2.24, 2.45) is 5.41 Å². The molecule has 2 aromatic carbocycles. The number of nitriles is 2. The summed E-state index contributed by atoms with van der Waals surface area (Å²) in [5.74, 6) is 0. The number of piperidine rings is 1. The average Bonchev–Trinajstić information content (AvgIpc) is 3.30. The number of nitrogens with zero attached hydrogens (tertiary/aromatic N) is 6. The average molecular weight is 451 g/mol. The predicted molar refractivity (Wildman–Crippen MR) is 131 cm³/mol. The Labute approximate surface area is 196 Å². The fourth-order valence-electron chi connectivity index (χ4n) is 4.20. The lowest BCUT2D eigenvalue weighted by molar-refractivity contribution is 0.337. The van der Waals surface area contributed by atoms with Crippen LogP contribution in [0.5, 0.6) is 0 Å². The molecule has 0 bridgehead atoms. The van der Waals surface area contributed by atoms with Gasteiger partial charge in [-0.15, -0.1) is 0 Å². The van der Waals surface area contributed by atoms with Gasteiger partial charge < -0.3 is 4.90 Å². The molecule has 162 valence electrons. The van der Waals surface area contributed by atoms with E-state index in [2.05, 4.69) is 39.1 Å². The van der Waals surface area contributed by atoms with E-state index in [-0.39, 0.29) is 5.41 Å². The third kappa shape index (κ3) is 3.92. The lowest BCUT2D eigenvalue weighted by Gasteiger charge is -2.34. The molecular formula is C26H22N6S. The summed E-state index contributed by atoms with van der Waals surface area (Å²) in [5.41, 5.74) is 5.04. The van der Waals surface area contributed by atoms with Crippen molar-refractivity contribution in [3.05, 3.63) is 60.0 Å². The van der Waals surface area contributed by atoms with Crippen molar-refractivity contribution in [3.8, 4) is 33.8 Å². The second-order valence-electron chi connectivity index (χ2n) is 8.72. The van der Waals surface area contributed by atoms with Crippen molar-refractivity contribution in [1.82, 2.24) is 15.0 Å². The van der Waals surface area contributed by atoms with Crippen LogP contribution in [0, 0.1) is 35.0 Å². The monoisotopic (exact) mass is 450 g/mol. The summed E-state index contributed by atoms with van der Waals surface area (Å²) in [6, 6.07) is 18.5. The van der Waals surface area contributed by atoms with Gasteiger partial charge in [-0.1, -0.05) is 29.5 Å². The van der Waals surface area contributed by atoms with Crippen LogP contribution >= 0.6 is 11.3 Å². The highest BCUT2D eigenvalue weighted by atomic mass is 32.1. The molecule has 1 aliphatic heterocycles. The summed E-state index contributed by atoms with van der Waals surface area (Å²) in [6.07, 6.45) is 3.24. The van der Waals surface area contributed by atoms with Gasteiger partial charge in [0.1, 0.15) is 6.33 Å². The maximum Gasteiger partial charge on any atom is 0.186 e. The Bertz CT molecular complexity index is 1430. The molecular weight excluding hydrogens is 428 g/mol. The lowest BCUT2D eigenvalue weighted by atomic mass is 9.82. The number of aromatic nitrogens is 3. The molecule has 0 amide bonds. The molecule has 4 aromatic rings. The smallest absolute Gasteiger partial charge is 0.186 e. The number of rotatable bonds is 3. The van der Waals surface area contributed by atoms with Gasteiger partial charge in [0.25, 0.3) is 0 Å². The van der Waals surface area contributed by atoms with E-state index in [0.717, 1.165) is 69.4 Å². The Hall–Kier alpha value is -3.81. The van der Waals surface area contributed by atoms with Crippen LogP contribution in [-0.4, -0.2) is 28.0 Å². The number of hydrogen-bond donors (Lipinski definition) is 0. The van der Waals surface area contributed by atoms with Crippen molar-refractivity contribution >= 4 is 27.4 Å². The van der Waals surface area contributed by atoms with Crippen LogP contribution in [0.3, 0.4) is 0 Å². The Kier molecular flexibility index (Phi) is 5.28. The van der Waals surface area contributed by atoms with Gasteiger partial charge in [0, 0.05) is 29.7 Å². The molecule has 0 aliphatic carbocycles. The van der Waals surface area contributed by atoms with Gasteiger partial charge in [-0.25, -0.2) is 15.0 Å². The lowest BCUT2D eigenvalue weighted by Crippen LogP contribution is -2.37. The second-order valence-corrected chi connectivity index (χ2v) is 9.69. The van der Waals surface area contributed by atoms with Crippen molar-refractivity contribution in [1.29, 1.82) is 10.5 Å². The molecule has 1 aliphatic rings. The minimum atomic E-state index is -0.267. The van der Waals surface area contributed by atoms with E-state index >= 15 is 0 Å². The minimum absolute atomic E-state index is 0.267. The summed E-state index contributed by atoms with van der Waals surface area (Å²) in [7, 11) is 0. The zero-order chi connectivity index (χ0) is 23.0. The highest BCUT2D eigenvalue weighted by molar-refractivity contribution is 7.19. The number of anilines is 1. The standard InChI is InChI=1S/C26H22N6S/c1-17-21-13-20(6-7-22(21)30-16-29-17)24-23(19-5-3-4-18(12-19)14-27)31-25(33-24)32-10-8-26(2,15-28)9-11-32/h3-7,12-13,16H,8-11H2,1-2H3. The normalized spacial score (nSPS) is 15.2. The Morgan fingerprint density at radius 1 is 1.03 bits per heavy atom. The molecule has 6 nitrogen and oxygen atoms in total. The van der Waals surface area contributed by atoms with Crippen molar-refractivity contribution < 1.29 is 0 Å².